The van der Waals surface area contributed by atoms with E-state index in [1.165, 1.54) is 6.07 Å². The molecule has 3 heterocycles. The number of amidine groups is 1. The Kier molecular flexibility index (Phi) is 5.82. The van der Waals surface area contributed by atoms with Gasteiger partial charge in [0.2, 0.25) is 0 Å². The molecule has 0 saturated carbocycles. The van der Waals surface area contributed by atoms with Crippen molar-refractivity contribution in [2.75, 3.05) is 56.6 Å². The Morgan fingerprint density at radius 2 is 1.94 bits per heavy atom. The molecule has 1 aromatic heterocycles. The molecule has 1 saturated heterocycles. The molecule has 9 heteroatoms. The monoisotopic (exact) mass is 450 g/mol. The van der Waals surface area contributed by atoms with E-state index in [0.717, 1.165) is 48.7 Å². The number of aliphatic imine (C=N–C) groups is 1. The van der Waals surface area contributed by atoms with Gasteiger partial charge in [-0.25, -0.2) is 4.39 Å². The molecule has 33 heavy (non-hydrogen) atoms. The van der Waals surface area contributed by atoms with Gasteiger partial charge in [0.25, 0.3) is 0 Å². The molecule has 1 fully saturated rings. The number of likely N-dealkylation sites (N-methyl/N-ethyl adjacent to an activating group) is 1. The van der Waals surface area contributed by atoms with Crippen molar-refractivity contribution >= 4 is 23.5 Å². The van der Waals surface area contributed by atoms with Crippen LogP contribution in [0.5, 0.6) is 11.8 Å². The molecule has 5 rings (SSSR count). The predicted molar refractivity (Wildman–Crippen MR) is 127 cm³/mol. The van der Waals surface area contributed by atoms with E-state index in [-0.39, 0.29) is 18.4 Å². The number of nitrogens with zero attached hydrogens (tertiary/aromatic N) is 5. The first kappa shape index (κ1) is 21.5. The molecular weight excluding hydrogens is 423 g/mol. The summed E-state index contributed by atoms with van der Waals surface area (Å²) in [5.74, 6) is 1.96. The Hall–Kier alpha value is -3.30. The second-order valence-electron chi connectivity index (χ2n) is 8.71. The Morgan fingerprint density at radius 3 is 2.70 bits per heavy atom. The number of benzene rings is 1. The van der Waals surface area contributed by atoms with E-state index in [2.05, 4.69) is 37.1 Å². The highest BCUT2D eigenvalue weighted by Crippen LogP contribution is 2.33. The number of aliphatic hydroxyl groups excluding tert-OH is 1. The number of anilines is 2. The SMILES string of the molecule is CC1=Cc2cc(Oc3nc(NC4=NCC(CO)=C4)cc(N4CCN(C)CC4)n3)cc(F)c2C1. The summed E-state index contributed by atoms with van der Waals surface area (Å²) in [5.41, 5.74) is 3.48. The zero-order valence-corrected chi connectivity index (χ0v) is 18.8. The summed E-state index contributed by atoms with van der Waals surface area (Å²) in [5, 5.41) is 12.5. The third-order valence-corrected chi connectivity index (χ3v) is 6.04. The molecule has 1 aromatic carbocycles. The highest BCUT2D eigenvalue weighted by molar-refractivity contribution is 6.05. The number of nitrogens with one attached hydrogen (secondary N) is 1. The summed E-state index contributed by atoms with van der Waals surface area (Å²) in [6.07, 6.45) is 4.40. The van der Waals surface area contributed by atoms with Crippen LogP contribution in [0.15, 0.2) is 40.4 Å². The van der Waals surface area contributed by atoms with Crippen molar-refractivity contribution < 1.29 is 14.2 Å². The van der Waals surface area contributed by atoms with Crippen LogP contribution in [-0.2, 0) is 6.42 Å². The fourth-order valence-electron chi connectivity index (χ4n) is 4.20. The molecule has 2 aromatic rings. The number of aliphatic hydroxyl groups is 1. The fourth-order valence-corrected chi connectivity index (χ4v) is 4.20. The third-order valence-electron chi connectivity index (χ3n) is 6.04. The Morgan fingerprint density at radius 1 is 1.12 bits per heavy atom. The number of ether oxygens (including phenoxy) is 1. The van der Waals surface area contributed by atoms with Gasteiger partial charge in [-0.3, -0.25) is 4.99 Å². The second-order valence-corrected chi connectivity index (χ2v) is 8.71. The van der Waals surface area contributed by atoms with E-state index in [1.807, 2.05) is 31.2 Å². The summed E-state index contributed by atoms with van der Waals surface area (Å²) < 4.78 is 20.6. The second kappa shape index (κ2) is 8.92. The molecule has 0 spiro atoms. The van der Waals surface area contributed by atoms with Crippen molar-refractivity contribution in [1.29, 1.82) is 0 Å². The molecule has 0 amide bonds. The molecule has 172 valence electrons. The van der Waals surface area contributed by atoms with Crippen molar-refractivity contribution in [1.82, 2.24) is 14.9 Å². The van der Waals surface area contributed by atoms with E-state index >= 15 is 0 Å². The lowest BCUT2D eigenvalue weighted by molar-refractivity contribution is 0.311. The number of aromatic nitrogens is 2. The van der Waals surface area contributed by atoms with Gasteiger partial charge in [-0.2, -0.15) is 9.97 Å². The van der Waals surface area contributed by atoms with Crippen LogP contribution in [0.2, 0.25) is 0 Å². The van der Waals surface area contributed by atoms with Crippen molar-refractivity contribution in [2.45, 2.75) is 13.3 Å². The summed E-state index contributed by atoms with van der Waals surface area (Å²) in [4.78, 5) is 18.0. The van der Waals surface area contributed by atoms with Gasteiger partial charge in [-0.15, -0.1) is 0 Å². The molecule has 0 atom stereocenters. The maximum Gasteiger partial charge on any atom is 0.325 e. The first-order valence-corrected chi connectivity index (χ1v) is 11.1. The topological polar surface area (TPSA) is 86.1 Å². The predicted octanol–water partition coefficient (Wildman–Crippen LogP) is 2.86. The molecular formula is C24H27FN6O2. The molecule has 0 unspecified atom stereocenters. The average molecular weight is 451 g/mol. The van der Waals surface area contributed by atoms with Crippen LogP contribution in [0.25, 0.3) is 6.08 Å². The standard InChI is InChI=1S/C24H27FN6O2/c1-15-7-17-10-18(11-20(25)19(17)8-15)33-24-28-22(27-21-9-16(14-32)13-26-21)12-23(29-24)31-5-3-30(2)4-6-31/h7,9-12,32H,3-6,8,13-14H2,1-2H3,(H,26,27,28,29). The van der Waals surface area contributed by atoms with Crippen LogP contribution in [0, 0.1) is 5.82 Å². The minimum absolute atomic E-state index is 0.0306. The highest BCUT2D eigenvalue weighted by Gasteiger charge is 2.20. The van der Waals surface area contributed by atoms with Crippen LogP contribution in [0.3, 0.4) is 0 Å². The van der Waals surface area contributed by atoms with Crippen molar-refractivity contribution in [3.05, 3.63) is 52.4 Å². The smallest absolute Gasteiger partial charge is 0.325 e. The molecule has 2 N–H and O–H groups in total. The van der Waals surface area contributed by atoms with Gasteiger partial charge < -0.3 is 25.0 Å². The van der Waals surface area contributed by atoms with Crippen LogP contribution in [-0.4, -0.2) is 72.2 Å². The first-order chi connectivity index (χ1) is 16.0. The van der Waals surface area contributed by atoms with Gasteiger partial charge in [-0.05, 0) is 49.2 Å². The molecule has 3 aliphatic rings. The van der Waals surface area contributed by atoms with Crippen LogP contribution >= 0.6 is 0 Å². The lowest BCUT2D eigenvalue weighted by Crippen LogP contribution is -2.44. The summed E-state index contributed by atoms with van der Waals surface area (Å²) in [7, 11) is 2.10. The minimum atomic E-state index is -0.286. The van der Waals surface area contributed by atoms with Crippen LogP contribution < -0.4 is 15.0 Å². The van der Waals surface area contributed by atoms with E-state index in [1.54, 1.807) is 0 Å². The van der Waals surface area contributed by atoms with Gasteiger partial charge in [0.05, 0.1) is 13.2 Å². The molecule has 0 bridgehead atoms. The van der Waals surface area contributed by atoms with E-state index in [4.69, 9.17) is 4.74 Å². The van der Waals surface area contributed by atoms with Crippen molar-refractivity contribution in [3.63, 3.8) is 0 Å². The van der Waals surface area contributed by atoms with E-state index in [0.29, 0.717) is 35.9 Å². The van der Waals surface area contributed by atoms with E-state index < -0.39 is 0 Å². The highest BCUT2D eigenvalue weighted by atomic mass is 19.1. The van der Waals surface area contributed by atoms with Crippen LogP contribution in [0.4, 0.5) is 16.0 Å². The Balaban J connectivity index is 1.45. The Bertz CT molecular complexity index is 1170. The largest absolute Gasteiger partial charge is 0.424 e. The summed E-state index contributed by atoms with van der Waals surface area (Å²) >= 11 is 0. The summed E-state index contributed by atoms with van der Waals surface area (Å²) in [6, 6.07) is 5.21. The number of hydrogen-bond donors (Lipinski definition) is 2. The van der Waals surface area contributed by atoms with Gasteiger partial charge in [0.1, 0.15) is 29.0 Å². The zero-order chi connectivity index (χ0) is 22.9. The van der Waals surface area contributed by atoms with Gasteiger partial charge in [0, 0.05) is 38.3 Å². The number of fused-ring (bicyclic) bond motifs is 1. The number of rotatable bonds is 5. The zero-order valence-electron chi connectivity index (χ0n) is 18.8. The summed E-state index contributed by atoms with van der Waals surface area (Å²) in [6.45, 7) is 5.94. The molecule has 0 radical (unpaired) electrons. The van der Waals surface area contributed by atoms with E-state index in [9.17, 15) is 9.50 Å². The van der Waals surface area contributed by atoms with Gasteiger partial charge >= 0.3 is 6.01 Å². The quantitative estimate of drug-likeness (QED) is 0.725. The van der Waals surface area contributed by atoms with Gasteiger partial charge in [0.15, 0.2) is 0 Å². The lowest BCUT2D eigenvalue weighted by Gasteiger charge is -2.33. The van der Waals surface area contributed by atoms with Crippen molar-refractivity contribution in [2.24, 2.45) is 4.99 Å². The number of allylic oxidation sites excluding steroid dienone is 1. The number of halogens is 1. The van der Waals surface area contributed by atoms with Gasteiger partial charge in [-0.1, -0.05) is 11.6 Å². The molecule has 1 aliphatic carbocycles. The fraction of sp³-hybridized carbons (Fsp3) is 0.375. The van der Waals surface area contributed by atoms with Crippen molar-refractivity contribution in [3.8, 4) is 11.8 Å². The Labute approximate surface area is 192 Å². The molecule has 8 nitrogen and oxygen atoms in total. The minimum Gasteiger partial charge on any atom is -0.424 e. The number of piperazine rings is 1. The third kappa shape index (κ3) is 4.74. The maximum atomic E-state index is 14.6. The average Bonchev–Trinajstić information content (AvgIpc) is 3.40. The maximum absolute atomic E-state index is 14.6. The first-order valence-electron chi connectivity index (χ1n) is 11.1. The lowest BCUT2D eigenvalue weighted by atomic mass is 10.1. The van der Waals surface area contributed by atoms with Crippen LogP contribution in [0.1, 0.15) is 18.1 Å². The molecule has 2 aliphatic heterocycles. The number of hydrogen-bond acceptors (Lipinski definition) is 8. The normalized spacial score (nSPS) is 18.1.